The van der Waals surface area contributed by atoms with Crippen LogP contribution in [0.25, 0.3) is 22.3 Å². The highest BCUT2D eigenvalue weighted by Gasteiger charge is 2.25. The number of aryl methyl sites for hydroxylation is 1. The number of carboxylic acids is 1. The van der Waals surface area contributed by atoms with Crippen LogP contribution in [0.15, 0.2) is 54.6 Å². The summed E-state index contributed by atoms with van der Waals surface area (Å²) in [4.78, 5) is 23.2. The molecule has 3 heterocycles. The number of nitrogens with one attached hydrogen (secondary N) is 2. The van der Waals surface area contributed by atoms with Crippen LogP contribution in [0.5, 0.6) is 0 Å². The summed E-state index contributed by atoms with van der Waals surface area (Å²) >= 11 is 0. The van der Waals surface area contributed by atoms with Crippen molar-refractivity contribution in [1.82, 2.24) is 20.2 Å². The van der Waals surface area contributed by atoms with Crippen LogP contribution in [0.2, 0.25) is 0 Å². The molecule has 0 atom stereocenters. The molecule has 0 radical (unpaired) electrons. The van der Waals surface area contributed by atoms with Crippen molar-refractivity contribution in [3.63, 3.8) is 0 Å². The first-order valence-corrected chi connectivity index (χ1v) is 10.7. The molecule has 1 saturated heterocycles. The van der Waals surface area contributed by atoms with Crippen LogP contribution in [-0.2, 0) is 4.79 Å². The molecule has 2 aromatic carbocycles. The molecule has 0 amide bonds. The second-order valence-corrected chi connectivity index (χ2v) is 8.12. The minimum atomic E-state index is -0.701. The SMILES string of the molecule is Cc1cc(Nc2nc(-c3ccccc3)nc3cc(N4CCC(C(=O)O)CC4)ccc23)n[nH]1. The molecule has 8 heteroatoms. The lowest BCUT2D eigenvalue weighted by Crippen LogP contribution is -2.36. The fourth-order valence-electron chi connectivity index (χ4n) is 4.11. The van der Waals surface area contributed by atoms with Crippen molar-refractivity contribution < 1.29 is 9.90 Å². The summed E-state index contributed by atoms with van der Waals surface area (Å²) in [5.41, 5.74) is 3.76. The van der Waals surface area contributed by atoms with Crippen molar-refractivity contribution in [3.8, 4) is 11.4 Å². The first kappa shape index (κ1) is 20.0. The smallest absolute Gasteiger partial charge is 0.306 e. The number of hydrogen-bond donors (Lipinski definition) is 3. The largest absolute Gasteiger partial charge is 0.481 e. The fourth-order valence-corrected chi connectivity index (χ4v) is 4.11. The molecule has 8 nitrogen and oxygen atoms in total. The van der Waals surface area contributed by atoms with Gasteiger partial charge in [0, 0.05) is 41.5 Å². The number of piperidine rings is 1. The van der Waals surface area contributed by atoms with Gasteiger partial charge < -0.3 is 15.3 Å². The Bertz CT molecular complexity index is 1260. The van der Waals surface area contributed by atoms with Gasteiger partial charge in [0.1, 0.15) is 5.82 Å². The molecule has 0 bridgehead atoms. The molecule has 1 fully saturated rings. The average Bonchev–Trinajstić information content (AvgIpc) is 3.23. The summed E-state index contributed by atoms with van der Waals surface area (Å²) in [5.74, 6) is 1.06. The standard InChI is InChI=1S/C24H24N6O2/c1-15-13-21(29-28-15)26-23-19-8-7-18(30-11-9-17(10-12-30)24(31)32)14-20(19)25-22(27-23)16-5-3-2-4-6-16/h2-8,13-14,17H,9-12H2,1H3,(H,31,32)(H2,25,26,27,28,29). The minimum Gasteiger partial charge on any atom is -0.481 e. The van der Waals surface area contributed by atoms with E-state index in [1.807, 2.05) is 49.4 Å². The average molecular weight is 428 g/mol. The Kier molecular flexibility index (Phi) is 5.18. The van der Waals surface area contributed by atoms with Crippen LogP contribution in [0.3, 0.4) is 0 Å². The van der Waals surface area contributed by atoms with Crippen molar-refractivity contribution in [2.24, 2.45) is 5.92 Å². The summed E-state index contributed by atoms with van der Waals surface area (Å²) in [7, 11) is 0. The number of fused-ring (bicyclic) bond motifs is 1. The highest BCUT2D eigenvalue weighted by Crippen LogP contribution is 2.31. The predicted molar refractivity (Wildman–Crippen MR) is 124 cm³/mol. The molecule has 2 aromatic heterocycles. The molecule has 0 spiro atoms. The number of aromatic nitrogens is 4. The number of hydrogen-bond acceptors (Lipinski definition) is 6. The van der Waals surface area contributed by atoms with Gasteiger partial charge in [-0.15, -0.1) is 0 Å². The minimum absolute atomic E-state index is 0.258. The Labute approximate surface area is 185 Å². The summed E-state index contributed by atoms with van der Waals surface area (Å²) in [5, 5.41) is 20.7. The Balaban J connectivity index is 1.54. The lowest BCUT2D eigenvalue weighted by molar-refractivity contribution is -0.142. The summed E-state index contributed by atoms with van der Waals surface area (Å²) < 4.78 is 0. The van der Waals surface area contributed by atoms with Crippen LogP contribution in [-0.4, -0.2) is 44.3 Å². The Morgan fingerprint density at radius 3 is 2.56 bits per heavy atom. The zero-order chi connectivity index (χ0) is 22.1. The zero-order valence-corrected chi connectivity index (χ0v) is 17.7. The van der Waals surface area contributed by atoms with E-state index in [4.69, 9.17) is 9.97 Å². The van der Waals surface area contributed by atoms with Crippen molar-refractivity contribution in [1.29, 1.82) is 0 Å². The first-order chi connectivity index (χ1) is 15.6. The quantitative estimate of drug-likeness (QED) is 0.433. The number of nitrogens with zero attached hydrogens (tertiary/aromatic N) is 4. The van der Waals surface area contributed by atoms with Crippen LogP contribution < -0.4 is 10.2 Å². The molecule has 162 valence electrons. The second-order valence-electron chi connectivity index (χ2n) is 8.12. The molecule has 0 aliphatic carbocycles. The van der Waals surface area contributed by atoms with E-state index in [0.717, 1.165) is 40.9 Å². The molecule has 0 unspecified atom stereocenters. The van der Waals surface area contributed by atoms with Crippen molar-refractivity contribution in [2.45, 2.75) is 19.8 Å². The first-order valence-electron chi connectivity index (χ1n) is 10.7. The van der Waals surface area contributed by atoms with Gasteiger partial charge in [-0.05, 0) is 38.0 Å². The van der Waals surface area contributed by atoms with Gasteiger partial charge in [-0.3, -0.25) is 9.89 Å². The fraction of sp³-hybridized carbons (Fsp3) is 0.250. The Hall–Kier alpha value is -3.94. The van der Waals surface area contributed by atoms with E-state index in [1.165, 1.54) is 0 Å². The van der Waals surface area contributed by atoms with E-state index in [1.54, 1.807) is 0 Å². The molecule has 32 heavy (non-hydrogen) atoms. The molecule has 1 aliphatic heterocycles. The lowest BCUT2D eigenvalue weighted by atomic mass is 9.96. The molecular weight excluding hydrogens is 404 g/mol. The maximum absolute atomic E-state index is 11.3. The summed E-state index contributed by atoms with van der Waals surface area (Å²) in [6.07, 6.45) is 1.30. The molecule has 0 saturated carbocycles. The molecule has 3 N–H and O–H groups in total. The highest BCUT2D eigenvalue weighted by molar-refractivity contribution is 5.94. The van der Waals surface area contributed by atoms with Gasteiger partial charge in [-0.2, -0.15) is 5.10 Å². The van der Waals surface area contributed by atoms with E-state index in [-0.39, 0.29) is 5.92 Å². The number of benzene rings is 2. The van der Waals surface area contributed by atoms with Gasteiger partial charge >= 0.3 is 5.97 Å². The second kappa shape index (κ2) is 8.30. The van der Waals surface area contributed by atoms with Crippen molar-refractivity contribution in [3.05, 3.63) is 60.3 Å². The van der Waals surface area contributed by atoms with Crippen LogP contribution in [0, 0.1) is 12.8 Å². The Morgan fingerprint density at radius 1 is 1.09 bits per heavy atom. The molecule has 5 rings (SSSR count). The van der Waals surface area contributed by atoms with E-state index in [0.29, 0.717) is 30.3 Å². The van der Waals surface area contributed by atoms with Crippen LogP contribution >= 0.6 is 0 Å². The van der Waals surface area contributed by atoms with Gasteiger partial charge in [0.15, 0.2) is 11.6 Å². The maximum Gasteiger partial charge on any atom is 0.306 e. The maximum atomic E-state index is 11.3. The van der Waals surface area contributed by atoms with Crippen molar-refractivity contribution in [2.75, 3.05) is 23.3 Å². The lowest BCUT2D eigenvalue weighted by Gasteiger charge is -2.32. The van der Waals surface area contributed by atoms with Crippen molar-refractivity contribution >= 4 is 34.2 Å². The van der Waals surface area contributed by atoms with Gasteiger partial charge in [-0.25, -0.2) is 9.97 Å². The third-order valence-corrected chi connectivity index (χ3v) is 5.87. The number of carboxylic acid groups (broad SMARTS) is 1. The highest BCUT2D eigenvalue weighted by atomic mass is 16.4. The number of rotatable bonds is 5. The molecule has 1 aliphatic rings. The zero-order valence-electron chi connectivity index (χ0n) is 17.7. The van der Waals surface area contributed by atoms with E-state index in [2.05, 4.69) is 32.5 Å². The van der Waals surface area contributed by atoms with Crippen LogP contribution in [0.4, 0.5) is 17.3 Å². The van der Waals surface area contributed by atoms with Gasteiger partial charge in [-0.1, -0.05) is 30.3 Å². The third kappa shape index (κ3) is 3.99. The predicted octanol–water partition coefficient (Wildman–Crippen LogP) is 4.37. The number of aromatic amines is 1. The van der Waals surface area contributed by atoms with Gasteiger partial charge in [0.25, 0.3) is 0 Å². The topological polar surface area (TPSA) is 107 Å². The monoisotopic (exact) mass is 428 g/mol. The number of H-pyrrole nitrogens is 1. The van der Waals surface area contributed by atoms with E-state index in [9.17, 15) is 9.90 Å². The Morgan fingerprint density at radius 2 is 1.88 bits per heavy atom. The van der Waals surface area contributed by atoms with Crippen LogP contribution in [0.1, 0.15) is 18.5 Å². The number of aliphatic carboxylic acids is 1. The third-order valence-electron chi connectivity index (χ3n) is 5.87. The normalized spacial score (nSPS) is 14.6. The number of anilines is 3. The molecule has 4 aromatic rings. The van der Waals surface area contributed by atoms with Gasteiger partial charge in [0.2, 0.25) is 0 Å². The van der Waals surface area contributed by atoms with E-state index >= 15 is 0 Å². The van der Waals surface area contributed by atoms with E-state index < -0.39 is 5.97 Å². The molecular formula is C24H24N6O2. The number of carbonyl (C=O) groups is 1. The summed E-state index contributed by atoms with van der Waals surface area (Å²) in [6, 6.07) is 17.9. The summed E-state index contributed by atoms with van der Waals surface area (Å²) in [6.45, 7) is 3.39. The van der Waals surface area contributed by atoms with Gasteiger partial charge in [0.05, 0.1) is 11.4 Å².